The van der Waals surface area contributed by atoms with E-state index in [0.717, 1.165) is 40.3 Å². The summed E-state index contributed by atoms with van der Waals surface area (Å²) in [5, 5.41) is 9.69. The Morgan fingerprint density at radius 2 is 1.91 bits per heavy atom. The van der Waals surface area contributed by atoms with Gasteiger partial charge in [0.2, 0.25) is 11.1 Å². The van der Waals surface area contributed by atoms with Crippen molar-refractivity contribution in [1.29, 1.82) is 0 Å². The highest BCUT2D eigenvalue weighted by Crippen LogP contribution is 2.45. The van der Waals surface area contributed by atoms with Crippen LogP contribution >= 0.6 is 23.4 Å². The number of aromatic nitrogens is 3. The molecular formula is C26H27ClN4OS. The zero-order chi connectivity index (χ0) is 23.2. The van der Waals surface area contributed by atoms with Crippen LogP contribution in [-0.4, -0.2) is 20.5 Å². The van der Waals surface area contributed by atoms with Crippen molar-refractivity contribution in [3.05, 3.63) is 81.5 Å². The number of allylic oxidation sites excluding steroid dienone is 2. The summed E-state index contributed by atoms with van der Waals surface area (Å²) in [5.74, 6) is 1.55. The number of carbonyl (C=O) groups excluding carboxylic acids is 1. The molecule has 1 aromatic heterocycles. The SMILES string of the molecule is CCc1ccc(C2C3=C(CC(C)(C)CC3=O)Nc3nc(SCc4ccccc4Cl)nn32)cc1. The fraction of sp³-hybridized carbons (Fsp3) is 0.346. The molecule has 0 bridgehead atoms. The number of hydrogen-bond acceptors (Lipinski definition) is 5. The average molecular weight is 479 g/mol. The van der Waals surface area contributed by atoms with E-state index in [1.165, 1.54) is 5.56 Å². The molecule has 1 unspecified atom stereocenters. The lowest BCUT2D eigenvalue weighted by atomic mass is 9.73. The molecule has 0 fully saturated rings. The zero-order valence-electron chi connectivity index (χ0n) is 19.1. The number of aryl methyl sites for hydroxylation is 1. The van der Waals surface area contributed by atoms with E-state index in [1.807, 2.05) is 28.9 Å². The second-order valence-corrected chi connectivity index (χ2v) is 10.8. The summed E-state index contributed by atoms with van der Waals surface area (Å²) in [4.78, 5) is 18.1. The van der Waals surface area contributed by atoms with Gasteiger partial charge in [-0.25, -0.2) is 4.68 Å². The molecule has 33 heavy (non-hydrogen) atoms. The molecule has 5 nitrogen and oxygen atoms in total. The standard InChI is InChI=1S/C26H27ClN4OS/c1-4-16-9-11-17(12-10-16)23-22-20(13-26(2,3)14-21(22)32)28-24-29-25(30-31(23)24)33-15-18-7-5-6-8-19(18)27/h5-12,23H,4,13-15H2,1-3H3,(H,28,29,30). The molecule has 1 N–H and O–H groups in total. The van der Waals surface area contributed by atoms with Crippen LogP contribution in [0.25, 0.3) is 0 Å². The first-order chi connectivity index (χ1) is 15.8. The Hall–Kier alpha value is -2.57. The summed E-state index contributed by atoms with van der Waals surface area (Å²) in [6.45, 7) is 6.43. The Morgan fingerprint density at radius 3 is 2.64 bits per heavy atom. The molecule has 0 radical (unpaired) electrons. The first-order valence-electron chi connectivity index (χ1n) is 11.3. The molecule has 0 spiro atoms. The zero-order valence-corrected chi connectivity index (χ0v) is 20.6. The lowest BCUT2D eigenvalue weighted by Gasteiger charge is -2.38. The van der Waals surface area contributed by atoms with Crippen molar-refractivity contribution >= 4 is 35.1 Å². The maximum atomic E-state index is 13.3. The molecule has 2 aliphatic rings. The molecule has 0 amide bonds. The summed E-state index contributed by atoms with van der Waals surface area (Å²) in [5.41, 5.74) is 5.09. The Bertz CT molecular complexity index is 1250. The molecule has 0 saturated carbocycles. The van der Waals surface area contributed by atoms with Gasteiger partial charge in [-0.1, -0.05) is 86.6 Å². The quantitative estimate of drug-likeness (QED) is 0.427. The number of Topliss-reactive ketones (excluding diaryl/α,β-unsaturated/α-hetero) is 1. The maximum absolute atomic E-state index is 13.3. The maximum Gasteiger partial charge on any atom is 0.227 e. The number of rotatable bonds is 5. The van der Waals surface area contributed by atoms with Crippen LogP contribution in [0.2, 0.25) is 5.02 Å². The minimum atomic E-state index is -0.270. The fourth-order valence-electron chi connectivity index (χ4n) is 4.65. The third kappa shape index (κ3) is 4.34. The Kier molecular flexibility index (Phi) is 5.83. The molecule has 170 valence electrons. The number of benzene rings is 2. The summed E-state index contributed by atoms with van der Waals surface area (Å²) >= 11 is 7.88. The molecule has 5 rings (SSSR count). The second kappa shape index (κ2) is 8.65. The normalized spacial score (nSPS) is 19.2. The number of hydrogen-bond donors (Lipinski definition) is 1. The van der Waals surface area contributed by atoms with Gasteiger partial charge in [-0.05, 0) is 41.0 Å². The lowest BCUT2D eigenvalue weighted by molar-refractivity contribution is -0.118. The van der Waals surface area contributed by atoms with Gasteiger partial charge in [-0.2, -0.15) is 4.98 Å². The van der Waals surface area contributed by atoms with Crippen molar-refractivity contribution in [3.8, 4) is 0 Å². The summed E-state index contributed by atoms with van der Waals surface area (Å²) < 4.78 is 1.88. The van der Waals surface area contributed by atoms with Crippen molar-refractivity contribution in [1.82, 2.24) is 14.8 Å². The van der Waals surface area contributed by atoms with Gasteiger partial charge in [0.25, 0.3) is 0 Å². The van der Waals surface area contributed by atoms with E-state index in [0.29, 0.717) is 23.3 Å². The highest BCUT2D eigenvalue weighted by Gasteiger charge is 2.41. The highest BCUT2D eigenvalue weighted by atomic mass is 35.5. The van der Waals surface area contributed by atoms with Gasteiger partial charge in [0, 0.05) is 28.5 Å². The second-order valence-electron chi connectivity index (χ2n) is 9.50. The van der Waals surface area contributed by atoms with Crippen LogP contribution in [-0.2, 0) is 17.0 Å². The van der Waals surface area contributed by atoms with Crippen LogP contribution in [0.3, 0.4) is 0 Å². The summed E-state index contributed by atoms with van der Waals surface area (Å²) in [6, 6.07) is 16.1. The largest absolute Gasteiger partial charge is 0.328 e. The Morgan fingerprint density at radius 1 is 1.15 bits per heavy atom. The van der Waals surface area contributed by atoms with E-state index in [2.05, 4.69) is 50.4 Å². The van der Waals surface area contributed by atoms with Crippen molar-refractivity contribution in [2.24, 2.45) is 5.41 Å². The van der Waals surface area contributed by atoms with Gasteiger partial charge in [-0.15, -0.1) is 5.10 Å². The van der Waals surface area contributed by atoms with Gasteiger partial charge in [0.15, 0.2) is 5.78 Å². The number of halogens is 1. The Labute approximate surface area is 203 Å². The minimum Gasteiger partial charge on any atom is -0.328 e. The third-order valence-corrected chi connectivity index (χ3v) is 7.59. The third-order valence-electron chi connectivity index (χ3n) is 6.33. The highest BCUT2D eigenvalue weighted by molar-refractivity contribution is 7.98. The summed E-state index contributed by atoms with van der Waals surface area (Å²) in [7, 11) is 0. The number of carbonyl (C=O) groups is 1. The monoisotopic (exact) mass is 478 g/mol. The molecule has 7 heteroatoms. The predicted molar refractivity (Wildman–Crippen MR) is 134 cm³/mol. The van der Waals surface area contributed by atoms with Gasteiger partial charge in [0.1, 0.15) is 6.04 Å². The van der Waals surface area contributed by atoms with E-state index < -0.39 is 0 Å². The smallest absolute Gasteiger partial charge is 0.227 e. The van der Waals surface area contributed by atoms with Crippen LogP contribution in [0.1, 0.15) is 56.3 Å². The lowest BCUT2D eigenvalue weighted by Crippen LogP contribution is -2.36. The topological polar surface area (TPSA) is 59.8 Å². The first-order valence-corrected chi connectivity index (χ1v) is 12.7. The van der Waals surface area contributed by atoms with Crippen LogP contribution in [0.5, 0.6) is 0 Å². The first kappa shape index (κ1) is 22.2. The molecule has 0 saturated heterocycles. The van der Waals surface area contributed by atoms with E-state index in [1.54, 1.807) is 11.8 Å². The van der Waals surface area contributed by atoms with Crippen molar-refractivity contribution in [3.63, 3.8) is 0 Å². The average Bonchev–Trinajstić information content (AvgIpc) is 3.19. The number of fused-ring (bicyclic) bond motifs is 1. The summed E-state index contributed by atoms with van der Waals surface area (Å²) in [6.07, 6.45) is 2.33. The van der Waals surface area contributed by atoms with E-state index >= 15 is 0 Å². The molecule has 1 aliphatic heterocycles. The molecule has 2 heterocycles. The van der Waals surface area contributed by atoms with Crippen LogP contribution in [0, 0.1) is 5.41 Å². The van der Waals surface area contributed by atoms with Crippen molar-refractivity contribution < 1.29 is 4.79 Å². The van der Waals surface area contributed by atoms with Gasteiger partial charge < -0.3 is 5.32 Å². The fourth-order valence-corrected chi connectivity index (χ4v) is 5.77. The number of anilines is 1. The number of nitrogens with one attached hydrogen (secondary N) is 1. The number of ketones is 1. The van der Waals surface area contributed by atoms with Crippen LogP contribution < -0.4 is 5.32 Å². The predicted octanol–water partition coefficient (Wildman–Crippen LogP) is 6.44. The van der Waals surface area contributed by atoms with Gasteiger partial charge in [0.05, 0.1) is 0 Å². The number of thioether (sulfide) groups is 1. The molecule has 2 aromatic carbocycles. The van der Waals surface area contributed by atoms with Crippen molar-refractivity contribution in [2.75, 3.05) is 5.32 Å². The molecule has 3 aromatic rings. The molecule has 1 atom stereocenters. The van der Waals surface area contributed by atoms with Crippen LogP contribution in [0.15, 0.2) is 65.0 Å². The van der Waals surface area contributed by atoms with E-state index in [-0.39, 0.29) is 17.2 Å². The van der Waals surface area contributed by atoms with Crippen LogP contribution in [0.4, 0.5) is 5.95 Å². The Balaban J connectivity index is 1.53. The van der Waals surface area contributed by atoms with Gasteiger partial charge >= 0.3 is 0 Å². The van der Waals surface area contributed by atoms with Gasteiger partial charge in [-0.3, -0.25) is 4.79 Å². The molecular weight excluding hydrogens is 452 g/mol. The molecule has 1 aliphatic carbocycles. The van der Waals surface area contributed by atoms with E-state index in [4.69, 9.17) is 21.7 Å². The number of nitrogens with zero attached hydrogens (tertiary/aromatic N) is 3. The minimum absolute atomic E-state index is 0.0800. The van der Waals surface area contributed by atoms with Crippen molar-refractivity contribution in [2.45, 2.75) is 57.0 Å². The van der Waals surface area contributed by atoms with E-state index in [9.17, 15) is 4.79 Å².